The first-order valence-corrected chi connectivity index (χ1v) is 33.5. The molecule has 98 heavy (non-hydrogen) atoms. The molecule has 0 N–H and O–H groups in total. The van der Waals surface area contributed by atoms with Crippen LogP contribution >= 0.6 is 0 Å². The Kier molecular flexibility index (Phi) is 15.9. The Morgan fingerprint density at radius 1 is 0.306 bits per heavy atom. The van der Waals surface area contributed by atoms with E-state index in [0.717, 1.165) is 101 Å². The van der Waals surface area contributed by atoms with Crippen molar-refractivity contribution < 1.29 is 18.3 Å². The van der Waals surface area contributed by atoms with Crippen molar-refractivity contribution in [2.45, 2.75) is 63.2 Å². The molecular weight excluding hydrogens is 1200 g/mol. The summed E-state index contributed by atoms with van der Waals surface area (Å²) in [6, 6.07) is 103. The van der Waals surface area contributed by atoms with Crippen LogP contribution in [0.25, 0.3) is 34.4 Å². The summed E-state index contributed by atoms with van der Waals surface area (Å²) in [5, 5.41) is 0. The summed E-state index contributed by atoms with van der Waals surface area (Å²) in [5.41, 5.74) is 19.4. The molecule has 6 heteroatoms. The fourth-order valence-electron chi connectivity index (χ4n) is 14.9. The second-order valence-electron chi connectivity index (χ2n) is 27.6. The summed E-state index contributed by atoms with van der Waals surface area (Å²) in [4.78, 5) is 4.00. The van der Waals surface area contributed by atoms with E-state index in [1.54, 1.807) is 12.1 Å². The number of hydrogen-bond donors (Lipinski definition) is 0. The average Bonchev–Trinajstić information content (AvgIpc) is 1.54. The molecule has 0 aliphatic heterocycles. The predicted octanol–water partition coefficient (Wildman–Crippen LogP) is 25.1. The van der Waals surface area contributed by atoms with Crippen LogP contribution in [0, 0.1) is 11.6 Å². The van der Waals surface area contributed by atoms with E-state index in [1.807, 2.05) is 119 Å². The summed E-state index contributed by atoms with van der Waals surface area (Å²) < 4.78 is 47.0. The molecule has 0 heterocycles. The van der Waals surface area contributed by atoms with Crippen molar-refractivity contribution in [1.29, 1.82) is 0 Å². The third-order valence-electron chi connectivity index (χ3n) is 19.8. The lowest BCUT2D eigenvalue weighted by Gasteiger charge is -2.36. The summed E-state index contributed by atoms with van der Waals surface area (Å²) in [5.74, 6) is 2.09. The average molecular weight is 1280 g/mol. The Bertz CT molecular complexity index is 4820. The number of para-hydroxylation sites is 2. The normalized spacial score (nSPS) is 15.1. The molecule has 2 unspecified atom stereocenters. The van der Waals surface area contributed by atoms with Crippen LogP contribution in [0.5, 0.6) is 23.0 Å². The largest absolute Gasteiger partial charge is 0.457 e. The third kappa shape index (κ3) is 10.9. The predicted molar refractivity (Wildman–Crippen MR) is 401 cm³/mol. The van der Waals surface area contributed by atoms with E-state index in [0.29, 0.717) is 34.2 Å². The molecule has 4 nitrogen and oxygen atoms in total. The van der Waals surface area contributed by atoms with E-state index >= 15 is 8.78 Å². The van der Waals surface area contributed by atoms with Crippen LogP contribution in [0.15, 0.2) is 316 Å². The van der Waals surface area contributed by atoms with E-state index in [4.69, 9.17) is 9.47 Å². The first-order chi connectivity index (χ1) is 47.5. The van der Waals surface area contributed by atoms with E-state index in [1.165, 1.54) is 23.3 Å². The fourth-order valence-corrected chi connectivity index (χ4v) is 14.9. The van der Waals surface area contributed by atoms with Crippen molar-refractivity contribution in [3.63, 3.8) is 0 Å². The second kappa shape index (κ2) is 24.9. The van der Waals surface area contributed by atoms with Gasteiger partial charge in [0.25, 0.3) is 0 Å². The summed E-state index contributed by atoms with van der Waals surface area (Å²) in [6.07, 6.45) is 3.64. The van der Waals surface area contributed by atoms with Gasteiger partial charge in [-0.15, -0.1) is 0 Å². The van der Waals surface area contributed by atoms with E-state index in [-0.39, 0.29) is 22.5 Å². The molecule has 0 radical (unpaired) electrons. The molecule has 2 aliphatic rings. The van der Waals surface area contributed by atoms with Crippen LogP contribution in [0.2, 0.25) is 0 Å². The molecule has 0 saturated carbocycles. The minimum atomic E-state index is -0.824. The fraction of sp³-hybridized carbons (Fsp3) is 0.109. The highest BCUT2D eigenvalue weighted by atomic mass is 19.1. The first-order valence-electron chi connectivity index (χ1n) is 33.5. The summed E-state index contributed by atoms with van der Waals surface area (Å²) in [7, 11) is 0. The minimum absolute atomic E-state index is 0.0843. The van der Waals surface area contributed by atoms with Crippen molar-refractivity contribution in [1.82, 2.24) is 0 Å². The van der Waals surface area contributed by atoms with Gasteiger partial charge in [0.2, 0.25) is 0 Å². The Morgan fingerprint density at radius 2 is 0.592 bits per heavy atom. The van der Waals surface area contributed by atoms with Gasteiger partial charge in [-0.3, -0.25) is 0 Å². The van der Waals surface area contributed by atoms with Gasteiger partial charge in [-0.25, -0.2) is 8.78 Å². The van der Waals surface area contributed by atoms with Gasteiger partial charge in [0.15, 0.2) is 0 Å². The minimum Gasteiger partial charge on any atom is -0.457 e. The van der Waals surface area contributed by atoms with Gasteiger partial charge in [-0.05, 0) is 221 Å². The highest BCUT2D eigenvalue weighted by molar-refractivity contribution is 5.92. The van der Waals surface area contributed by atoms with Gasteiger partial charge in [0.05, 0.1) is 22.2 Å². The van der Waals surface area contributed by atoms with E-state index in [9.17, 15) is 0 Å². The Balaban J connectivity index is 0.874. The highest BCUT2D eigenvalue weighted by Gasteiger charge is 2.48. The molecular formula is C92H74F2N2O2. The topological polar surface area (TPSA) is 24.9 Å². The van der Waals surface area contributed by atoms with Crippen LogP contribution < -0.4 is 19.3 Å². The van der Waals surface area contributed by atoms with Crippen molar-refractivity contribution >= 4 is 46.3 Å². The number of halogens is 2. The Morgan fingerprint density at radius 3 is 0.918 bits per heavy atom. The Hall–Kier alpha value is -11.6. The lowest BCUT2D eigenvalue weighted by molar-refractivity contribution is 0.482. The molecule has 0 saturated heterocycles. The number of benzene rings is 13. The quantitative estimate of drug-likeness (QED) is 0.0963. The third-order valence-corrected chi connectivity index (χ3v) is 19.8. The number of hydrogen-bond acceptors (Lipinski definition) is 4. The molecule has 15 rings (SSSR count). The number of fused-ring (bicyclic) bond motifs is 6. The van der Waals surface area contributed by atoms with E-state index < -0.39 is 10.8 Å². The highest BCUT2D eigenvalue weighted by Crippen LogP contribution is 2.60. The van der Waals surface area contributed by atoms with Crippen LogP contribution in [0.1, 0.15) is 108 Å². The number of nitrogens with zero attached hydrogens (tertiary/aromatic N) is 2. The molecule has 478 valence electrons. The van der Waals surface area contributed by atoms with Crippen molar-refractivity contribution in [2.24, 2.45) is 0 Å². The smallest absolute Gasteiger partial charge is 0.147 e. The van der Waals surface area contributed by atoms with Crippen molar-refractivity contribution in [2.75, 3.05) is 9.80 Å². The molecule has 0 spiro atoms. The van der Waals surface area contributed by atoms with Crippen LogP contribution in [0.3, 0.4) is 0 Å². The molecule has 13 aromatic rings. The van der Waals surface area contributed by atoms with Gasteiger partial charge in [0.1, 0.15) is 34.6 Å². The maximum absolute atomic E-state index is 17.0. The molecule has 0 aromatic heterocycles. The summed E-state index contributed by atoms with van der Waals surface area (Å²) >= 11 is 0. The molecule has 0 amide bonds. The molecule has 2 aliphatic carbocycles. The lowest BCUT2D eigenvalue weighted by Crippen LogP contribution is -2.29. The molecule has 0 bridgehead atoms. The number of rotatable bonds is 16. The number of ether oxygens (including phenoxy) is 2. The van der Waals surface area contributed by atoms with Gasteiger partial charge >= 0.3 is 0 Å². The zero-order chi connectivity index (χ0) is 67.5. The Labute approximate surface area is 574 Å². The van der Waals surface area contributed by atoms with Crippen LogP contribution in [-0.4, -0.2) is 0 Å². The van der Waals surface area contributed by atoms with Crippen molar-refractivity contribution in [3.05, 3.63) is 395 Å². The zero-order valence-corrected chi connectivity index (χ0v) is 55.9. The maximum Gasteiger partial charge on any atom is 0.147 e. The second-order valence-corrected chi connectivity index (χ2v) is 27.6. The first kappa shape index (κ1) is 62.5. The van der Waals surface area contributed by atoms with Gasteiger partial charge in [0, 0.05) is 22.7 Å². The van der Waals surface area contributed by atoms with Crippen LogP contribution in [-0.2, 0) is 21.7 Å². The van der Waals surface area contributed by atoms with Crippen LogP contribution in [0.4, 0.5) is 42.9 Å². The monoisotopic (exact) mass is 1280 g/mol. The van der Waals surface area contributed by atoms with Gasteiger partial charge in [-0.2, -0.15) is 0 Å². The lowest BCUT2D eigenvalue weighted by atomic mass is 9.67. The SMILES string of the molecule is C=Cc1ccc(Oc2ccc(C3(c4ccc(C(C)(C)C)cc4)c4ccccc4-c4ccc(N(c5ccc(N(c6ccc7c(c6)C(c6ccc(Oc8ccc(C=C)cc8)cc6)(c6ccc(C(C)(C)C)cc6)c6ccccc6-7)c6ccccc6F)cc5)c5ccccc5F)cc43)cc2)cc1. The van der Waals surface area contributed by atoms with Crippen molar-refractivity contribution in [3.8, 4) is 45.3 Å². The zero-order valence-electron chi connectivity index (χ0n) is 55.9. The van der Waals surface area contributed by atoms with Gasteiger partial charge < -0.3 is 19.3 Å². The number of anilines is 6. The maximum atomic E-state index is 17.0. The standard InChI is InChI=1S/C92H74F2N2O2/c1-9-61-27-49-73(50-28-61)97-75-53-39-67(40-54-75)91(65-35-31-63(32-36-65)89(3,4)5)81-21-13-11-19-77(81)79-57-47-71(59-83(79)91)95(87-25-17-15-23-85(87)93)69-43-45-70(46-44-69)96(88-26-18-16-24-86(88)94)72-48-58-80-78-20-12-14-22-82(78)92(84(80)60-72,66-37-33-64(34-38-66)90(6,7)8)68-41-55-76(56-42-68)98-74-51-29-62(10-2)30-52-74/h9-60H,1-2H2,3-8H3. The van der Waals surface area contributed by atoms with Gasteiger partial charge in [-0.1, -0.05) is 249 Å². The summed E-state index contributed by atoms with van der Waals surface area (Å²) in [6.45, 7) is 21.3. The molecule has 13 aromatic carbocycles. The molecule has 2 atom stereocenters. The molecule has 0 fully saturated rings. The van der Waals surface area contributed by atoms with E-state index in [2.05, 4.69) is 237 Å².